The van der Waals surface area contributed by atoms with Crippen LogP contribution >= 0.6 is 11.3 Å². The quantitative estimate of drug-likeness (QED) is 0.820. The molecule has 1 aliphatic rings. The summed E-state index contributed by atoms with van der Waals surface area (Å²) in [5.74, 6) is -0.668. The zero-order valence-electron chi connectivity index (χ0n) is 10.2. The number of carbonyl (C=O) groups excluding carboxylic acids is 2. The fourth-order valence-corrected chi connectivity index (χ4v) is 2.42. The molecule has 7 heteroatoms. The molecule has 0 bridgehead atoms. The molecule has 2 heterocycles. The van der Waals surface area contributed by atoms with E-state index in [1.807, 2.05) is 16.0 Å². The van der Waals surface area contributed by atoms with Crippen LogP contribution in [-0.4, -0.2) is 33.9 Å². The van der Waals surface area contributed by atoms with Gasteiger partial charge in [0, 0.05) is 23.8 Å². The molecule has 1 amide bonds. The fraction of sp³-hybridized carbons (Fsp3) is 0.417. The average Bonchev–Trinajstić information content (AvgIpc) is 2.92. The molecule has 3 rings (SSSR count). The van der Waals surface area contributed by atoms with Crippen LogP contribution in [0.3, 0.4) is 0 Å². The predicted molar refractivity (Wildman–Crippen MR) is 68.9 cm³/mol. The van der Waals surface area contributed by atoms with Crippen molar-refractivity contribution in [3.8, 4) is 0 Å². The van der Waals surface area contributed by atoms with Gasteiger partial charge in [-0.1, -0.05) is 0 Å². The molecule has 0 saturated heterocycles. The molecule has 0 aliphatic heterocycles. The van der Waals surface area contributed by atoms with Crippen molar-refractivity contribution >= 4 is 28.2 Å². The van der Waals surface area contributed by atoms with Gasteiger partial charge in [-0.25, -0.2) is 4.98 Å². The van der Waals surface area contributed by atoms with Gasteiger partial charge >= 0.3 is 5.97 Å². The highest BCUT2D eigenvalue weighted by atomic mass is 32.1. The lowest BCUT2D eigenvalue weighted by Gasteiger charge is -2.04. The molecule has 100 valence electrons. The number of hydrogen-bond acceptors (Lipinski definition) is 5. The number of esters is 1. The van der Waals surface area contributed by atoms with Gasteiger partial charge in [0.25, 0.3) is 5.91 Å². The zero-order chi connectivity index (χ0) is 13.2. The fourth-order valence-electron chi connectivity index (χ4n) is 1.70. The van der Waals surface area contributed by atoms with Crippen molar-refractivity contribution in [2.45, 2.75) is 25.3 Å². The van der Waals surface area contributed by atoms with E-state index in [0.29, 0.717) is 5.69 Å². The van der Waals surface area contributed by atoms with E-state index in [4.69, 9.17) is 4.74 Å². The summed E-state index contributed by atoms with van der Waals surface area (Å²) >= 11 is 1.50. The van der Waals surface area contributed by atoms with Crippen LogP contribution < -0.4 is 5.32 Å². The topological polar surface area (TPSA) is 72.7 Å². The molecule has 0 unspecified atom stereocenters. The summed E-state index contributed by atoms with van der Waals surface area (Å²) < 4.78 is 6.77. The number of nitrogens with zero attached hydrogens (tertiary/aromatic N) is 2. The number of rotatable bonds is 5. The first-order valence-corrected chi connectivity index (χ1v) is 6.95. The Morgan fingerprint density at radius 2 is 2.37 bits per heavy atom. The van der Waals surface area contributed by atoms with Gasteiger partial charge in [-0.3, -0.25) is 14.0 Å². The Hall–Kier alpha value is -1.89. The van der Waals surface area contributed by atoms with Crippen LogP contribution in [0.2, 0.25) is 0 Å². The second-order valence-electron chi connectivity index (χ2n) is 4.50. The highest BCUT2D eigenvalue weighted by Crippen LogP contribution is 2.18. The van der Waals surface area contributed by atoms with Gasteiger partial charge in [0.15, 0.2) is 11.6 Å². The van der Waals surface area contributed by atoms with Gasteiger partial charge in [0.2, 0.25) is 0 Å². The van der Waals surface area contributed by atoms with E-state index in [-0.39, 0.29) is 25.0 Å². The number of amides is 1. The van der Waals surface area contributed by atoms with Crippen molar-refractivity contribution in [2.75, 3.05) is 6.61 Å². The normalized spacial score (nSPS) is 14.5. The SMILES string of the molecule is O=C(COC(=O)Cc1cn2ccsc2n1)NC1CC1. The Kier molecular flexibility index (Phi) is 3.20. The Morgan fingerprint density at radius 3 is 3.11 bits per heavy atom. The first kappa shape index (κ1) is 12.2. The second-order valence-corrected chi connectivity index (χ2v) is 5.38. The first-order valence-electron chi connectivity index (χ1n) is 6.07. The Morgan fingerprint density at radius 1 is 1.53 bits per heavy atom. The molecule has 1 aliphatic carbocycles. The van der Waals surface area contributed by atoms with E-state index >= 15 is 0 Å². The molecule has 19 heavy (non-hydrogen) atoms. The van der Waals surface area contributed by atoms with Crippen LogP contribution in [0.15, 0.2) is 17.8 Å². The summed E-state index contributed by atoms with van der Waals surface area (Å²) in [4.78, 5) is 28.0. The van der Waals surface area contributed by atoms with Crippen molar-refractivity contribution in [2.24, 2.45) is 0 Å². The minimum Gasteiger partial charge on any atom is -0.455 e. The Bertz CT molecular complexity index is 586. The maximum absolute atomic E-state index is 11.6. The molecule has 2 aromatic rings. The lowest BCUT2D eigenvalue weighted by atomic mass is 10.3. The maximum Gasteiger partial charge on any atom is 0.312 e. The summed E-state index contributed by atoms with van der Waals surface area (Å²) in [6.07, 6.45) is 5.80. The highest BCUT2D eigenvalue weighted by molar-refractivity contribution is 7.15. The number of aromatic nitrogens is 2. The van der Waals surface area contributed by atoms with Crippen LogP contribution in [-0.2, 0) is 20.7 Å². The van der Waals surface area contributed by atoms with E-state index in [2.05, 4.69) is 10.3 Å². The van der Waals surface area contributed by atoms with Crippen molar-refractivity contribution in [3.05, 3.63) is 23.5 Å². The zero-order valence-corrected chi connectivity index (χ0v) is 11.0. The number of fused-ring (bicyclic) bond motifs is 1. The molecule has 0 atom stereocenters. The van der Waals surface area contributed by atoms with Gasteiger partial charge in [0.05, 0.1) is 12.1 Å². The molecule has 2 aromatic heterocycles. The molecule has 1 N–H and O–H groups in total. The van der Waals surface area contributed by atoms with Crippen LogP contribution in [0.25, 0.3) is 4.96 Å². The van der Waals surface area contributed by atoms with Crippen LogP contribution in [0.5, 0.6) is 0 Å². The number of carbonyl (C=O) groups is 2. The van der Waals surface area contributed by atoms with Gasteiger partial charge in [0.1, 0.15) is 0 Å². The van der Waals surface area contributed by atoms with Gasteiger partial charge in [-0.2, -0.15) is 0 Å². The van der Waals surface area contributed by atoms with Gasteiger partial charge < -0.3 is 10.1 Å². The molecule has 0 radical (unpaired) electrons. The largest absolute Gasteiger partial charge is 0.455 e. The minimum atomic E-state index is -0.434. The van der Waals surface area contributed by atoms with E-state index in [9.17, 15) is 9.59 Å². The van der Waals surface area contributed by atoms with Crippen LogP contribution in [0.4, 0.5) is 0 Å². The summed E-state index contributed by atoms with van der Waals surface area (Å²) in [6.45, 7) is -0.211. The smallest absolute Gasteiger partial charge is 0.312 e. The number of thiazole rings is 1. The lowest BCUT2D eigenvalue weighted by molar-refractivity contribution is -0.147. The van der Waals surface area contributed by atoms with Gasteiger partial charge in [-0.15, -0.1) is 11.3 Å². The third-order valence-corrected chi connectivity index (χ3v) is 3.55. The molecular formula is C12H13N3O3S. The van der Waals surface area contributed by atoms with Gasteiger partial charge in [-0.05, 0) is 12.8 Å². The second kappa shape index (κ2) is 5.00. The molecule has 1 fully saturated rings. The lowest BCUT2D eigenvalue weighted by Crippen LogP contribution is -2.30. The third-order valence-electron chi connectivity index (χ3n) is 2.78. The molecule has 0 spiro atoms. The maximum atomic E-state index is 11.6. The van der Waals surface area contributed by atoms with E-state index < -0.39 is 5.97 Å². The molecule has 0 aromatic carbocycles. The Balaban J connectivity index is 1.47. The molecular weight excluding hydrogens is 266 g/mol. The van der Waals surface area contributed by atoms with Crippen LogP contribution in [0.1, 0.15) is 18.5 Å². The first-order chi connectivity index (χ1) is 9.20. The summed E-state index contributed by atoms with van der Waals surface area (Å²) in [7, 11) is 0. The van der Waals surface area contributed by atoms with E-state index in [1.54, 1.807) is 6.20 Å². The number of imidazole rings is 1. The standard InChI is InChI=1S/C12H13N3O3S/c16-10(13-8-1-2-8)7-18-11(17)5-9-6-15-3-4-19-12(15)14-9/h3-4,6,8H,1-2,5,7H2,(H,13,16). The third kappa shape index (κ3) is 3.11. The van der Waals surface area contributed by atoms with Crippen molar-refractivity contribution < 1.29 is 14.3 Å². The summed E-state index contributed by atoms with van der Waals surface area (Å²) in [6, 6.07) is 0.283. The predicted octanol–water partition coefficient (Wildman–Crippen LogP) is 0.760. The number of ether oxygens (including phenoxy) is 1. The van der Waals surface area contributed by atoms with Crippen LogP contribution in [0, 0.1) is 0 Å². The molecule has 6 nitrogen and oxygen atoms in total. The van der Waals surface area contributed by atoms with Crippen molar-refractivity contribution in [3.63, 3.8) is 0 Å². The average molecular weight is 279 g/mol. The monoisotopic (exact) mass is 279 g/mol. The number of nitrogens with one attached hydrogen (secondary N) is 1. The Labute approximate surface area is 113 Å². The van der Waals surface area contributed by atoms with Crippen molar-refractivity contribution in [1.82, 2.24) is 14.7 Å². The molecule has 1 saturated carbocycles. The summed E-state index contributed by atoms with van der Waals surface area (Å²) in [5.41, 5.74) is 0.652. The summed E-state index contributed by atoms with van der Waals surface area (Å²) in [5, 5.41) is 4.68. The minimum absolute atomic E-state index is 0.0884. The highest BCUT2D eigenvalue weighted by Gasteiger charge is 2.23. The van der Waals surface area contributed by atoms with E-state index in [0.717, 1.165) is 17.8 Å². The van der Waals surface area contributed by atoms with Crippen molar-refractivity contribution in [1.29, 1.82) is 0 Å². The van der Waals surface area contributed by atoms with E-state index in [1.165, 1.54) is 11.3 Å². The number of hydrogen-bond donors (Lipinski definition) is 1.